The molecule has 1 fully saturated rings. The molecule has 0 aliphatic heterocycles. The standard InChI is InChI=1S/C18H15F3N6O.C4H6N2/c19-18(20,21)12-3-10(6-25-16(12)23)13-4-9-5-14(27-17(28)8-1-2-8)24-7-11(9)15(22)26-13;1-6-4-2-3-5-6/h3-8H,1-2H2,(H2,22,26)(H2,23,25)(H,24,27,28);2-4H,1H3. The van der Waals surface area contributed by atoms with Crippen molar-refractivity contribution in [2.24, 2.45) is 13.0 Å². The van der Waals surface area contributed by atoms with Gasteiger partial charge < -0.3 is 16.8 Å². The summed E-state index contributed by atoms with van der Waals surface area (Å²) in [6.07, 6.45) is 3.37. The van der Waals surface area contributed by atoms with E-state index in [9.17, 15) is 18.0 Å². The van der Waals surface area contributed by atoms with Crippen molar-refractivity contribution in [1.82, 2.24) is 24.7 Å². The molecule has 176 valence electrons. The normalized spacial score (nSPS) is 13.3. The Bertz CT molecular complexity index is 1330. The topological polar surface area (TPSA) is 138 Å². The summed E-state index contributed by atoms with van der Waals surface area (Å²) in [5.41, 5.74) is 10.6. The summed E-state index contributed by atoms with van der Waals surface area (Å²) in [6, 6.07) is 5.94. The van der Waals surface area contributed by atoms with Gasteiger partial charge in [0.25, 0.3) is 0 Å². The molecular weight excluding hydrogens is 449 g/mol. The van der Waals surface area contributed by atoms with Crippen molar-refractivity contribution in [1.29, 1.82) is 0 Å². The maximum atomic E-state index is 13.1. The van der Waals surface area contributed by atoms with Gasteiger partial charge in [0, 0.05) is 48.7 Å². The zero-order valence-electron chi connectivity index (χ0n) is 18.0. The van der Waals surface area contributed by atoms with Crippen LogP contribution in [0.2, 0.25) is 0 Å². The first-order chi connectivity index (χ1) is 16.1. The Morgan fingerprint density at radius 1 is 1.12 bits per heavy atom. The summed E-state index contributed by atoms with van der Waals surface area (Å²) < 4.78 is 41.1. The summed E-state index contributed by atoms with van der Waals surface area (Å²) in [5, 5.41) is 7.65. The second-order valence-electron chi connectivity index (χ2n) is 7.78. The van der Waals surface area contributed by atoms with Gasteiger partial charge in [-0.2, -0.15) is 18.3 Å². The molecule has 34 heavy (non-hydrogen) atoms. The number of aromatic nitrogens is 5. The molecule has 4 aromatic heterocycles. The molecule has 5 N–H and O–H groups in total. The predicted molar refractivity (Wildman–Crippen MR) is 121 cm³/mol. The predicted octanol–water partition coefficient (Wildman–Crippen LogP) is 3.64. The van der Waals surface area contributed by atoms with Gasteiger partial charge in [-0.1, -0.05) is 0 Å². The van der Waals surface area contributed by atoms with Crippen LogP contribution in [0.25, 0.3) is 22.0 Å². The molecule has 4 heterocycles. The molecule has 4 aromatic rings. The van der Waals surface area contributed by atoms with E-state index in [1.165, 1.54) is 12.4 Å². The van der Waals surface area contributed by atoms with Crippen molar-refractivity contribution in [2.75, 3.05) is 16.8 Å². The number of aryl methyl sites for hydroxylation is 1. The maximum Gasteiger partial charge on any atom is 0.419 e. The van der Waals surface area contributed by atoms with Crippen LogP contribution in [0, 0.1) is 5.92 Å². The minimum atomic E-state index is -4.64. The van der Waals surface area contributed by atoms with Gasteiger partial charge in [0.15, 0.2) is 0 Å². The lowest BCUT2D eigenvalue weighted by molar-refractivity contribution is -0.137. The van der Waals surface area contributed by atoms with Gasteiger partial charge in [-0.15, -0.1) is 0 Å². The highest BCUT2D eigenvalue weighted by Gasteiger charge is 2.34. The van der Waals surface area contributed by atoms with Gasteiger partial charge in [-0.3, -0.25) is 9.48 Å². The van der Waals surface area contributed by atoms with Crippen molar-refractivity contribution in [2.45, 2.75) is 19.0 Å². The zero-order chi connectivity index (χ0) is 24.5. The van der Waals surface area contributed by atoms with Crippen LogP contribution in [0.1, 0.15) is 18.4 Å². The molecule has 0 radical (unpaired) electrons. The zero-order valence-corrected chi connectivity index (χ0v) is 18.0. The molecule has 0 bridgehead atoms. The summed E-state index contributed by atoms with van der Waals surface area (Å²) in [7, 11) is 1.89. The molecule has 0 unspecified atom stereocenters. The van der Waals surface area contributed by atoms with Crippen LogP contribution < -0.4 is 16.8 Å². The molecule has 1 aliphatic rings. The van der Waals surface area contributed by atoms with Crippen LogP contribution in [-0.2, 0) is 18.0 Å². The Morgan fingerprint density at radius 2 is 1.88 bits per heavy atom. The van der Waals surface area contributed by atoms with Crippen LogP contribution in [-0.4, -0.2) is 30.6 Å². The largest absolute Gasteiger partial charge is 0.419 e. The number of nitrogen functional groups attached to an aromatic ring is 2. The lowest BCUT2D eigenvalue weighted by Gasteiger charge is -2.12. The van der Waals surface area contributed by atoms with E-state index in [4.69, 9.17) is 11.5 Å². The van der Waals surface area contributed by atoms with E-state index in [0.29, 0.717) is 16.6 Å². The van der Waals surface area contributed by atoms with Crippen LogP contribution >= 0.6 is 0 Å². The molecule has 1 aliphatic carbocycles. The first-order valence-corrected chi connectivity index (χ1v) is 10.3. The van der Waals surface area contributed by atoms with Crippen LogP contribution in [0.15, 0.2) is 49.1 Å². The minimum Gasteiger partial charge on any atom is -0.383 e. The quantitative estimate of drug-likeness (QED) is 0.416. The minimum absolute atomic E-state index is 0.0113. The molecule has 0 spiro atoms. The first-order valence-electron chi connectivity index (χ1n) is 10.3. The Morgan fingerprint density at radius 3 is 2.47 bits per heavy atom. The number of carbonyl (C=O) groups is 1. The van der Waals surface area contributed by atoms with Crippen LogP contribution in [0.5, 0.6) is 0 Å². The highest BCUT2D eigenvalue weighted by atomic mass is 19.4. The van der Waals surface area contributed by atoms with Crippen molar-refractivity contribution in [3.8, 4) is 11.3 Å². The summed E-state index contributed by atoms with van der Waals surface area (Å²) in [5.74, 6) is -0.263. The fourth-order valence-corrected chi connectivity index (χ4v) is 3.15. The fourth-order valence-electron chi connectivity index (χ4n) is 3.15. The molecular formula is C22H21F3N8O. The summed E-state index contributed by atoms with van der Waals surface area (Å²) >= 11 is 0. The van der Waals surface area contributed by atoms with E-state index < -0.39 is 17.6 Å². The van der Waals surface area contributed by atoms with Gasteiger partial charge in [-0.05, 0) is 42.5 Å². The second-order valence-corrected chi connectivity index (χ2v) is 7.78. The number of carbonyl (C=O) groups excluding carboxylic acids is 1. The number of amides is 1. The van der Waals surface area contributed by atoms with Gasteiger partial charge in [0.05, 0.1) is 11.3 Å². The third kappa shape index (κ3) is 5.22. The van der Waals surface area contributed by atoms with E-state index >= 15 is 0 Å². The van der Waals surface area contributed by atoms with Gasteiger partial charge in [0.2, 0.25) is 5.91 Å². The lowest BCUT2D eigenvalue weighted by Crippen LogP contribution is -2.14. The Labute approximate surface area is 192 Å². The molecule has 12 heteroatoms. The average Bonchev–Trinajstić information content (AvgIpc) is 3.53. The number of fused-ring (bicyclic) bond motifs is 1. The Balaban J connectivity index is 0.000000398. The van der Waals surface area contributed by atoms with Gasteiger partial charge in [0.1, 0.15) is 17.5 Å². The molecule has 1 amide bonds. The third-order valence-corrected chi connectivity index (χ3v) is 5.10. The highest BCUT2D eigenvalue weighted by molar-refractivity contribution is 5.98. The van der Waals surface area contributed by atoms with Gasteiger partial charge >= 0.3 is 6.18 Å². The average molecular weight is 470 g/mol. The number of nitrogens with one attached hydrogen (secondary N) is 1. The van der Waals surface area contributed by atoms with E-state index in [1.54, 1.807) is 23.0 Å². The number of nitrogens with two attached hydrogens (primary N) is 2. The number of pyridine rings is 3. The molecule has 0 aromatic carbocycles. The number of rotatable bonds is 3. The van der Waals surface area contributed by atoms with E-state index in [2.05, 4.69) is 25.4 Å². The maximum absolute atomic E-state index is 13.1. The fraction of sp³-hybridized carbons (Fsp3) is 0.227. The first kappa shape index (κ1) is 23.0. The van der Waals surface area contributed by atoms with Crippen molar-refractivity contribution >= 4 is 34.1 Å². The van der Waals surface area contributed by atoms with Crippen LogP contribution in [0.3, 0.4) is 0 Å². The van der Waals surface area contributed by atoms with Crippen molar-refractivity contribution in [3.05, 3.63) is 54.6 Å². The summed E-state index contributed by atoms with van der Waals surface area (Å²) in [6.45, 7) is 0. The number of hydrogen-bond donors (Lipinski definition) is 3. The highest BCUT2D eigenvalue weighted by Crippen LogP contribution is 2.36. The smallest absolute Gasteiger partial charge is 0.383 e. The number of nitrogens with zero attached hydrogens (tertiary/aromatic N) is 5. The molecule has 5 rings (SSSR count). The van der Waals surface area contributed by atoms with E-state index in [1.807, 2.05) is 19.3 Å². The van der Waals surface area contributed by atoms with E-state index in [0.717, 1.165) is 18.9 Å². The van der Waals surface area contributed by atoms with E-state index in [-0.39, 0.29) is 28.9 Å². The molecule has 1 saturated carbocycles. The Kier molecular flexibility index (Phi) is 6.05. The molecule has 9 nitrogen and oxygen atoms in total. The number of alkyl halides is 3. The second kappa shape index (κ2) is 8.96. The number of hydrogen-bond acceptors (Lipinski definition) is 7. The monoisotopic (exact) mass is 470 g/mol. The molecule has 0 saturated heterocycles. The van der Waals surface area contributed by atoms with Crippen molar-refractivity contribution < 1.29 is 18.0 Å². The molecule has 0 atom stereocenters. The third-order valence-electron chi connectivity index (χ3n) is 5.10. The SMILES string of the molecule is Cn1cccn1.Nc1ncc(-c2cc3cc(NC(=O)C4CC4)ncc3c(N)n2)cc1C(F)(F)F. The lowest BCUT2D eigenvalue weighted by atomic mass is 10.1. The number of anilines is 3. The van der Waals surface area contributed by atoms with Crippen LogP contribution in [0.4, 0.5) is 30.6 Å². The Hall–Kier alpha value is -4.22. The number of halogens is 3. The van der Waals surface area contributed by atoms with Crippen molar-refractivity contribution in [3.63, 3.8) is 0 Å². The summed E-state index contributed by atoms with van der Waals surface area (Å²) in [4.78, 5) is 23.8. The van der Waals surface area contributed by atoms with Gasteiger partial charge in [-0.25, -0.2) is 15.0 Å².